The monoisotopic (exact) mass is 400 g/mol. The molecule has 0 saturated carbocycles. The van der Waals surface area contributed by atoms with Crippen molar-refractivity contribution < 1.29 is 9.21 Å². The molecule has 2 heterocycles. The van der Waals surface area contributed by atoms with Crippen molar-refractivity contribution in [3.63, 3.8) is 0 Å². The first-order chi connectivity index (χ1) is 13.2. The lowest BCUT2D eigenvalue weighted by Crippen LogP contribution is -2.30. The van der Waals surface area contributed by atoms with Crippen LogP contribution in [0.25, 0.3) is 0 Å². The minimum Gasteiger partial charge on any atom is -0.414 e. The van der Waals surface area contributed by atoms with Crippen LogP contribution in [0.2, 0.25) is 5.02 Å². The smallest absolute Gasteiger partial charge is 0.277 e. The highest BCUT2D eigenvalue weighted by Gasteiger charge is 2.24. The van der Waals surface area contributed by atoms with Gasteiger partial charge < -0.3 is 14.6 Å². The second-order valence-corrected chi connectivity index (χ2v) is 7.40. The number of thioether (sulfide) groups is 1. The number of nitrogens with one attached hydrogen (secondary N) is 1. The summed E-state index contributed by atoms with van der Waals surface area (Å²) in [5.74, 6) is 0.774. The number of halogens is 1. The molecule has 0 radical (unpaired) electrons. The maximum Gasteiger partial charge on any atom is 0.277 e. The van der Waals surface area contributed by atoms with Crippen molar-refractivity contribution in [3.05, 3.63) is 65.0 Å². The molecule has 0 fully saturated rings. The fraction of sp³-hybridized carbons (Fsp3) is 0.211. The number of hydrogen-bond donors (Lipinski definition) is 1. The van der Waals surface area contributed by atoms with E-state index in [-0.39, 0.29) is 11.7 Å². The van der Waals surface area contributed by atoms with E-state index < -0.39 is 0 Å². The predicted octanol–water partition coefficient (Wildman–Crippen LogP) is 4.02. The largest absolute Gasteiger partial charge is 0.414 e. The van der Waals surface area contributed by atoms with Gasteiger partial charge in [0, 0.05) is 22.9 Å². The summed E-state index contributed by atoms with van der Waals surface area (Å²) >= 11 is 7.12. The minimum absolute atomic E-state index is 0.0454. The SMILES string of the molecule is O=C(CSc1nnc(CNc2ccc(Cl)cc2)o1)N1CCc2ccccc21. The molecule has 4 rings (SSSR count). The van der Waals surface area contributed by atoms with E-state index in [1.807, 2.05) is 35.2 Å². The van der Waals surface area contributed by atoms with Gasteiger partial charge in [-0.1, -0.05) is 41.6 Å². The molecule has 1 N–H and O–H groups in total. The van der Waals surface area contributed by atoms with Crippen LogP contribution in [0.4, 0.5) is 11.4 Å². The number of hydrogen-bond acceptors (Lipinski definition) is 6. The number of para-hydroxylation sites is 1. The number of anilines is 2. The highest BCUT2D eigenvalue weighted by molar-refractivity contribution is 7.99. The van der Waals surface area contributed by atoms with Crippen molar-refractivity contribution in [2.45, 2.75) is 18.2 Å². The lowest BCUT2D eigenvalue weighted by atomic mass is 10.2. The number of nitrogens with zero attached hydrogens (tertiary/aromatic N) is 3. The average Bonchev–Trinajstić information content (AvgIpc) is 3.32. The van der Waals surface area contributed by atoms with E-state index in [4.69, 9.17) is 16.0 Å². The van der Waals surface area contributed by atoms with Crippen molar-refractivity contribution in [1.29, 1.82) is 0 Å². The third-order valence-electron chi connectivity index (χ3n) is 4.24. The Hall–Kier alpha value is -2.51. The summed E-state index contributed by atoms with van der Waals surface area (Å²) < 4.78 is 5.59. The molecule has 0 unspecified atom stereocenters. The normalized spacial score (nSPS) is 12.9. The second-order valence-electron chi connectivity index (χ2n) is 6.03. The van der Waals surface area contributed by atoms with Gasteiger partial charge in [-0.2, -0.15) is 0 Å². The number of fused-ring (bicyclic) bond motifs is 1. The van der Waals surface area contributed by atoms with Crippen LogP contribution in [0.5, 0.6) is 0 Å². The van der Waals surface area contributed by atoms with Gasteiger partial charge in [0.25, 0.3) is 5.22 Å². The number of carbonyl (C=O) groups excluding carboxylic acids is 1. The van der Waals surface area contributed by atoms with Crippen LogP contribution in [0.15, 0.2) is 58.2 Å². The summed E-state index contributed by atoms with van der Waals surface area (Å²) in [6.07, 6.45) is 0.896. The molecular weight excluding hydrogens is 384 g/mol. The van der Waals surface area contributed by atoms with Crippen LogP contribution in [-0.2, 0) is 17.8 Å². The number of carbonyl (C=O) groups is 1. The topological polar surface area (TPSA) is 71.3 Å². The quantitative estimate of drug-likeness (QED) is 0.630. The number of rotatable bonds is 6. The molecule has 6 nitrogen and oxygen atoms in total. The Labute approximate surface area is 165 Å². The highest BCUT2D eigenvalue weighted by Crippen LogP contribution is 2.28. The van der Waals surface area contributed by atoms with E-state index in [1.54, 1.807) is 12.1 Å². The Morgan fingerprint density at radius 2 is 2.00 bits per heavy atom. The number of amides is 1. The molecule has 3 aromatic rings. The van der Waals surface area contributed by atoms with Gasteiger partial charge in [-0.15, -0.1) is 10.2 Å². The van der Waals surface area contributed by atoms with Gasteiger partial charge in [0.2, 0.25) is 11.8 Å². The van der Waals surface area contributed by atoms with Crippen molar-refractivity contribution in [3.8, 4) is 0 Å². The number of benzene rings is 2. The molecule has 138 valence electrons. The predicted molar refractivity (Wildman–Crippen MR) is 106 cm³/mol. The lowest BCUT2D eigenvalue weighted by molar-refractivity contribution is -0.116. The average molecular weight is 401 g/mol. The maximum atomic E-state index is 12.5. The molecule has 2 aromatic carbocycles. The molecule has 8 heteroatoms. The first kappa shape index (κ1) is 17.9. The van der Waals surface area contributed by atoms with E-state index in [0.29, 0.717) is 22.7 Å². The van der Waals surface area contributed by atoms with Gasteiger partial charge in [-0.3, -0.25) is 4.79 Å². The third kappa shape index (κ3) is 4.26. The Morgan fingerprint density at radius 1 is 1.19 bits per heavy atom. The molecule has 27 heavy (non-hydrogen) atoms. The van der Waals surface area contributed by atoms with Gasteiger partial charge in [-0.25, -0.2) is 0 Å². The van der Waals surface area contributed by atoms with Crippen LogP contribution in [0.3, 0.4) is 0 Å². The van der Waals surface area contributed by atoms with Crippen molar-refractivity contribution in [2.75, 3.05) is 22.5 Å². The zero-order valence-electron chi connectivity index (χ0n) is 14.4. The van der Waals surface area contributed by atoms with E-state index >= 15 is 0 Å². The van der Waals surface area contributed by atoms with E-state index in [0.717, 1.165) is 24.3 Å². The van der Waals surface area contributed by atoms with E-state index in [9.17, 15) is 4.79 Å². The highest BCUT2D eigenvalue weighted by atomic mass is 35.5. The summed E-state index contributed by atoms with van der Waals surface area (Å²) in [6.45, 7) is 1.13. The molecule has 0 saturated heterocycles. The summed E-state index contributed by atoms with van der Waals surface area (Å²) in [4.78, 5) is 14.3. The minimum atomic E-state index is 0.0454. The Kier molecular flexibility index (Phi) is 5.31. The molecule has 0 atom stereocenters. The zero-order chi connectivity index (χ0) is 18.6. The van der Waals surface area contributed by atoms with Gasteiger partial charge in [-0.05, 0) is 42.3 Å². The Morgan fingerprint density at radius 3 is 2.85 bits per heavy atom. The first-order valence-corrected chi connectivity index (χ1v) is 9.88. The standard InChI is InChI=1S/C19H17ClN4O2S/c20-14-5-7-15(8-6-14)21-11-17-22-23-19(26-17)27-12-18(25)24-10-9-13-3-1-2-4-16(13)24/h1-8,21H,9-12H2. The summed E-state index contributed by atoms with van der Waals surface area (Å²) in [6, 6.07) is 15.4. The summed E-state index contributed by atoms with van der Waals surface area (Å²) in [5, 5.41) is 12.3. The Bertz CT molecular complexity index is 945. The van der Waals surface area contributed by atoms with Crippen LogP contribution < -0.4 is 10.2 Å². The maximum absolute atomic E-state index is 12.5. The number of aromatic nitrogens is 2. The van der Waals surface area contributed by atoms with Crippen LogP contribution in [0.1, 0.15) is 11.5 Å². The van der Waals surface area contributed by atoms with Crippen LogP contribution >= 0.6 is 23.4 Å². The molecule has 0 aliphatic carbocycles. The van der Waals surface area contributed by atoms with Crippen LogP contribution in [-0.4, -0.2) is 28.4 Å². The molecular formula is C19H17ClN4O2S. The zero-order valence-corrected chi connectivity index (χ0v) is 16.0. The van der Waals surface area contributed by atoms with Gasteiger partial charge >= 0.3 is 0 Å². The van der Waals surface area contributed by atoms with Gasteiger partial charge in [0.15, 0.2) is 0 Å². The van der Waals surface area contributed by atoms with E-state index in [1.165, 1.54) is 17.3 Å². The summed E-state index contributed by atoms with van der Waals surface area (Å²) in [5.41, 5.74) is 3.13. The fourth-order valence-corrected chi connectivity index (χ4v) is 3.69. The fourth-order valence-electron chi connectivity index (χ4n) is 2.91. The van der Waals surface area contributed by atoms with Gasteiger partial charge in [0.1, 0.15) is 0 Å². The van der Waals surface area contributed by atoms with E-state index in [2.05, 4.69) is 21.6 Å². The second kappa shape index (κ2) is 8.02. The third-order valence-corrected chi connectivity index (χ3v) is 5.30. The lowest BCUT2D eigenvalue weighted by Gasteiger charge is -2.16. The molecule has 0 bridgehead atoms. The van der Waals surface area contributed by atoms with Crippen molar-refractivity contribution in [2.24, 2.45) is 0 Å². The Balaban J connectivity index is 1.29. The van der Waals surface area contributed by atoms with Crippen molar-refractivity contribution in [1.82, 2.24) is 10.2 Å². The molecule has 1 aromatic heterocycles. The first-order valence-electron chi connectivity index (χ1n) is 8.52. The molecule has 0 spiro atoms. The van der Waals surface area contributed by atoms with Crippen LogP contribution in [0, 0.1) is 0 Å². The molecule has 1 aliphatic heterocycles. The summed E-state index contributed by atoms with van der Waals surface area (Å²) in [7, 11) is 0. The molecule has 1 amide bonds. The molecule has 1 aliphatic rings. The van der Waals surface area contributed by atoms with Crippen molar-refractivity contribution >= 4 is 40.6 Å². The van der Waals surface area contributed by atoms with Gasteiger partial charge in [0.05, 0.1) is 12.3 Å².